The van der Waals surface area contributed by atoms with Gasteiger partial charge in [0.15, 0.2) is 0 Å². The lowest BCUT2D eigenvalue weighted by Crippen LogP contribution is -2.20. The van der Waals surface area contributed by atoms with E-state index in [2.05, 4.69) is 49.8 Å². The second-order valence-corrected chi connectivity index (χ2v) is 12.9. The molecule has 11 heteroatoms. The van der Waals surface area contributed by atoms with Crippen LogP contribution in [0, 0.1) is 5.41 Å². The molecule has 0 saturated heterocycles. The van der Waals surface area contributed by atoms with Gasteiger partial charge < -0.3 is 0 Å². The zero-order chi connectivity index (χ0) is 30.7. The zero-order valence-electron chi connectivity index (χ0n) is 23.9. The first kappa shape index (κ1) is 31.1. The second kappa shape index (κ2) is 13.1. The third-order valence-corrected chi connectivity index (χ3v) is 9.65. The van der Waals surface area contributed by atoms with Crippen molar-refractivity contribution in [2.45, 2.75) is 50.4 Å². The smallest absolute Gasteiger partial charge is 0.146 e. The van der Waals surface area contributed by atoms with E-state index in [1.807, 2.05) is 53.1 Å². The number of imidazole rings is 1. The molecule has 0 bridgehead atoms. The first-order valence-corrected chi connectivity index (χ1v) is 15.8. The van der Waals surface area contributed by atoms with Crippen LogP contribution in [0.2, 0.25) is 10.0 Å². The number of nitrogens with one attached hydrogen (secondary N) is 2. The fraction of sp³-hybridized carbons (Fsp3) is 0.250. The predicted octanol–water partition coefficient (Wildman–Crippen LogP) is 9.08. The summed E-state index contributed by atoms with van der Waals surface area (Å²) >= 11 is 20.8. The quantitative estimate of drug-likeness (QED) is 0.0885. The van der Waals surface area contributed by atoms with Crippen molar-refractivity contribution < 1.29 is 0 Å². The standard InChI is InChI=1S/C32H32Cl3N7S/c1-5-20(2)6-15-26(21(3)33)29-38-28(27(18-41(19-36)37-4)42(29)25-13-11-24(35)12-14-25)30-39-40-31(43-30)32(16-17-32)22-7-9-23(34)10-8-22/h6-15,19,30,36,39H,3-5,16-18H2,1-2H3/b20-6+,26-15+,36-19?. The second-order valence-electron chi connectivity index (χ2n) is 10.4. The minimum Gasteiger partial charge on any atom is -0.294 e. The first-order valence-electron chi connectivity index (χ1n) is 13.8. The van der Waals surface area contributed by atoms with Crippen LogP contribution in [0.5, 0.6) is 0 Å². The summed E-state index contributed by atoms with van der Waals surface area (Å²) in [5.74, 6) is 0.608. The van der Waals surface area contributed by atoms with Gasteiger partial charge in [-0.2, -0.15) is 10.2 Å². The van der Waals surface area contributed by atoms with Crippen molar-refractivity contribution in [1.29, 1.82) is 5.41 Å². The number of hydrazone groups is 2. The first-order chi connectivity index (χ1) is 20.7. The van der Waals surface area contributed by atoms with E-state index in [9.17, 15) is 0 Å². The number of hydrogen-bond donors (Lipinski definition) is 2. The van der Waals surface area contributed by atoms with Crippen molar-refractivity contribution in [3.05, 3.63) is 111 Å². The summed E-state index contributed by atoms with van der Waals surface area (Å²) in [6, 6.07) is 15.5. The van der Waals surface area contributed by atoms with E-state index >= 15 is 0 Å². The Hall–Kier alpha value is -3.30. The summed E-state index contributed by atoms with van der Waals surface area (Å²) in [4.78, 5) is 5.21. The molecule has 1 aliphatic heterocycles. The maximum absolute atomic E-state index is 7.93. The summed E-state index contributed by atoms with van der Waals surface area (Å²) in [5.41, 5.74) is 8.64. The Morgan fingerprint density at radius 2 is 1.81 bits per heavy atom. The molecule has 5 rings (SSSR count). The Balaban J connectivity index is 1.65. The summed E-state index contributed by atoms with van der Waals surface area (Å²) in [6.07, 6.45) is 8.04. The Morgan fingerprint density at radius 1 is 1.16 bits per heavy atom. The van der Waals surface area contributed by atoms with Crippen LogP contribution in [0.1, 0.15) is 61.3 Å². The third kappa shape index (κ3) is 6.48. The molecule has 7 nitrogen and oxygen atoms in total. The lowest BCUT2D eigenvalue weighted by molar-refractivity contribution is 0.441. The van der Waals surface area contributed by atoms with Gasteiger partial charge in [0.2, 0.25) is 0 Å². The van der Waals surface area contributed by atoms with Crippen molar-refractivity contribution in [3.8, 4) is 5.69 Å². The topological polar surface area (TPSA) is 81.7 Å². The van der Waals surface area contributed by atoms with E-state index in [1.165, 1.54) is 16.1 Å². The van der Waals surface area contributed by atoms with E-state index in [0.717, 1.165) is 47.7 Å². The maximum atomic E-state index is 7.93. The average Bonchev–Trinajstić information content (AvgIpc) is 3.51. The van der Waals surface area contributed by atoms with E-state index in [1.54, 1.807) is 11.8 Å². The van der Waals surface area contributed by atoms with Gasteiger partial charge in [-0.1, -0.05) is 83.8 Å². The molecular weight excluding hydrogens is 621 g/mol. The summed E-state index contributed by atoms with van der Waals surface area (Å²) < 4.78 is 2.02. The van der Waals surface area contributed by atoms with E-state index < -0.39 is 0 Å². The van der Waals surface area contributed by atoms with Gasteiger partial charge in [-0.15, -0.1) is 0 Å². The normalized spacial score (nSPS) is 17.7. The highest BCUT2D eigenvalue weighted by atomic mass is 35.5. The minimum absolute atomic E-state index is 0.139. The molecule has 2 aliphatic rings. The molecule has 2 heterocycles. The molecule has 1 aliphatic carbocycles. The van der Waals surface area contributed by atoms with Gasteiger partial charge in [0, 0.05) is 38.5 Å². The molecular formula is C32H32Cl3N7S. The fourth-order valence-corrected chi connectivity index (χ4v) is 6.62. The molecule has 1 fully saturated rings. The largest absolute Gasteiger partial charge is 0.294 e. The van der Waals surface area contributed by atoms with Gasteiger partial charge in [-0.05, 0) is 74.2 Å². The number of rotatable bonds is 12. The predicted molar refractivity (Wildman–Crippen MR) is 183 cm³/mol. The van der Waals surface area contributed by atoms with Crippen molar-refractivity contribution >= 4 is 70.2 Å². The van der Waals surface area contributed by atoms with Gasteiger partial charge in [-0.3, -0.25) is 15.4 Å². The Labute approximate surface area is 271 Å². The van der Waals surface area contributed by atoms with Crippen LogP contribution in [0.3, 0.4) is 0 Å². The highest BCUT2D eigenvalue weighted by Gasteiger charge is 2.52. The Morgan fingerprint density at radius 3 is 2.37 bits per heavy atom. The van der Waals surface area contributed by atoms with Crippen molar-refractivity contribution in [1.82, 2.24) is 20.0 Å². The number of thioether (sulfide) groups is 1. The van der Waals surface area contributed by atoms with Gasteiger partial charge in [0.05, 0.1) is 17.9 Å². The molecule has 0 amide bonds. The van der Waals surface area contributed by atoms with Gasteiger partial charge in [0.1, 0.15) is 22.6 Å². The molecule has 1 aromatic heterocycles. The average molecular weight is 653 g/mol. The van der Waals surface area contributed by atoms with Crippen LogP contribution in [0.25, 0.3) is 11.3 Å². The highest BCUT2D eigenvalue weighted by molar-refractivity contribution is 8.14. The molecule has 222 valence electrons. The highest BCUT2D eigenvalue weighted by Crippen LogP contribution is 2.55. The van der Waals surface area contributed by atoms with Crippen LogP contribution in [0.4, 0.5) is 0 Å². The minimum atomic E-state index is -0.294. The van der Waals surface area contributed by atoms with Gasteiger partial charge in [-0.25, -0.2) is 9.99 Å². The molecule has 0 radical (unpaired) electrons. The molecule has 0 spiro atoms. The number of halogens is 3. The zero-order valence-corrected chi connectivity index (χ0v) is 27.0. The molecule has 2 aromatic carbocycles. The van der Waals surface area contributed by atoms with Crippen LogP contribution in [-0.4, -0.2) is 32.7 Å². The van der Waals surface area contributed by atoms with E-state index in [0.29, 0.717) is 26.5 Å². The fourth-order valence-electron chi connectivity index (χ4n) is 4.94. The monoisotopic (exact) mass is 651 g/mol. The maximum Gasteiger partial charge on any atom is 0.146 e. The molecule has 2 N–H and O–H groups in total. The molecule has 1 saturated carbocycles. The number of allylic oxidation sites excluding steroid dienone is 5. The van der Waals surface area contributed by atoms with Gasteiger partial charge in [0.25, 0.3) is 0 Å². The van der Waals surface area contributed by atoms with Crippen LogP contribution in [-0.2, 0) is 12.0 Å². The van der Waals surface area contributed by atoms with Crippen molar-refractivity contribution in [2.24, 2.45) is 10.2 Å². The number of aromatic nitrogens is 2. The van der Waals surface area contributed by atoms with Crippen LogP contribution in [0.15, 0.2) is 88.1 Å². The van der Waals surface area contributed by atoms with E-state index in [4.69, 9.17) is 50.3 Å². The number of benzene rings is 2. The van der Waals surface area contributed by atoms with E-state index in [-0.39, 0.29) is 17.3 Å². The molecule has 43 heavy (non-hydrogen) atoms. The number of nitrogens with zero attached hydrogens (tertiary/aromatic N) is 5. The third-order valence-electron chi connectivity index (χ3n) is 7.67. The molecule has 3 aromatic rings. The lowest BCUT2D eigenvalue weighted by Gasteiger charge is -2.19. The van der Waals surface area contributed by atoms with Crippen LogP contribution < -0.4 is 5.43 Å². The summed E-state index contributed by atoms with van der Waals surface area (Å²) in [7, 11) is 0. The Bertz CT molecular complexity index is 1630. The summed E-state index contributed by atoms with van der Waals surface area (Å²) in [6.45, 7) is 12.1. The SMILES string of the molecule is C=NN(C=N)Cc1c(C2NN=C(C3(c4ccc(Cl)cc4)CC3)S2)nc(/C(=C/C=C(\C)CC)C(=C)Cl)n1-c1ccc(Cl)cc1. The van der Waals surface area contributed by atoms with Crippen molar-refractivity contribution in [2.75, 3.05) is 0 Å². The molecule has 1 atom stereocenters. The van der Waals surface area contributed by atoms with Crippen LogP contribution >= 0.6 is 46.6 Å². The van der Waals surface area contributed by atoms with Crippen molar-refractivity contribution in [3.63, 3.8) is 0 Å². The van der Waals surface area contributed by atoms with Gasteiger partial charge >= 0.3 is 0 Å². The Kier molecular flexibility index (Phi) is 9.51. The number of hydrogen-bond acceptors (Lipinski definition) is 6. The lowest BCUT2D eigenvalue weighted by atomic mass is 9.97. The molecule has 1 unspecified atom stereocenters. The summed E-state index contributed by atoms with van der Waals surface area (Å²) in [5, 5.41) is 20.6.